The van der Waals surface area contributed by atoms with Crippen LogP contribution in [-0.4, -0.2) is 13.4 Å². The van der Waals surface area contributed by atoms with Crippen LogP contribution in [0.15, 0.2) is 27.9 Å². The molecule has 0 saturated heterocycles. The van der Waals surface area contributed by atoms with Gasteiger partial charge >= 0.3 is 0 Å². The largest absolute Gasteiger partial charge is 0.273 e. The number of nitrogens with zero attached hydrogens (tertiary/aromatic N) is 1. The molecule has 2 heterocycles. The first-order chi connectivity index (χ1) is 7.08. The fourth-order valence-electron chi connectivity index (χ4n) is 0.984. The Bertz CT molecular complexity index is 542. The molecule has 0 aliphatic heterocycles. The number of aryl methyl sites for hydroxylation is 1. The number of thiophene rings is 1. The van der Waals surface area contributed by atoms with Crippen molar-refractivity contribution in [3.05, 3.63) is 28.6 Å². The maximum Gasteiger partial charge on any atom is 0.273 e. The number of hydrogen-bond donors (Lipinski definition) is 1. The Morgan fingerprint density at radius 2 is 2.27 bits per heavy atom. The van der Waals surface area contributed by atoms with Gasteiger partial charge in [0.15, 0.2) is 5.13 Å². The zero-order valence-corrected chi connectivity index (χ0v) is 10.2. The summed E-state index contributed by atoms with van der Waals surface area (Å²) in [4.78, 5) is 4.91. The highest BCUT2D eigenvalue weighted by atomic mass is 32.2. The minimum atomic E-state index is -3.44. The number of anilines is 1. The number of sulfonamides is 1. The zero-order valence-electron chi connectivity index (χ0n) is 7.80. The highest BCUT2D eigenvalue weighted by molar-refractivity contribution is 7.94. The van der Waals surface area contributed by atoms with Gasteiger partial charge in [0.05, 0.1) is 0 Å². The Morgan fingerprint density at radius 3 is 2.80 bits per heavy atom. The van der Waals surface area contributed by atoms with Crippen LogP contribution in [0.5, 0.6) is 0 Å². The lowest BCUT2D eigenvalue weighted by molar-refractivity contribution is 0.603. The maximum absolute atomic E-state index is 11.7. The van der Waals surface area contributed by atoms with E-state index in [-0.39, 0.29) is 0 Å². The summed E-state index contributed by atoms with van der Waals surface area (Å²) in [5.41, 5.74) is 0. The van der Waals surface area contributed by atoms with Crippen molar-refractivity contribution in [1.29, 1.82) is 0 Å². The van der Waals surface area contributed by atoms with Gasteiger partial charge < -0.3 is 0 Å². The summed E-state index contributed by atoms with van der Waals surface area (Å²) in [6.07, 6.45) is 1.64. The van der Waals surface area contributed by atoms with E-state index in [1.54, 1.807) is 23.7 Å². The summed E-state index contributed by atoms with van der Waals surface area (Å²) in [7, 11) is -3.44. The highest BCUT2D eigenvalue weighted by Crippen LogP contribution is 2.23. The van der Waals surface area contributed by atoms with Crippen molar-refractivity contribution in [2.75, 3.05) is 4.72 Å². The molecule has 0 fully saturated rings. The average Bonchev–Trinajstić information content (AvgIpc) is 2.75. The van der Waals surface area contributed by atoms with Gasteiger partial charge in [-0.25, -0.2) is 13.4 Å². The molecule has 2 aromatic heterocycles. The van der Waals surface area contributed by atoms with Gasteiger partial charge in [-0.15, -0.1) is 22.7 Å². The van der Waals surface area contributed by atoms with Crippen LogP contribution in [0.4, 0.5) is 5.13 Å². The van der Waals surface area contributed by atoms with Crippen molar-refractivity contribution >= 4 is 37.8 Å². The molecule has 0 bridgehead atoms. The fraction of sp³-hybridized carbons (Fsp3) is 0.125. The van der Waals surface area contributed by atoms with E-state index in [4.69, 9.17) is 0 Å². The van der Waals surface area contributed by atoms with Crippen LogP contribution >= 0.6 is 22.7 Å². The van der Waals surface area contributed by atoms with Gasteiger partial charge in [-0.3, -0.25) is 4.72 Å². The van der Waals surface area contributed by atoms with Gasteiger partial charge in [-0.2, -0.15) is 0 Å². The van der Waals surface area contributed by atoms with Crippen molar-refractivity contribution in [3.63, 3.8) is 0 Å². The van der Waals surface area contributed by atoms with Crippen molar-refractivity contribution in [2.24, 2.45) is 0 Å². The predicted octanol–water partition coefficient (Wildman–Crippen LogP) is 2.31. The normalized spacial score (nSPS) is 11.5. The molecule has 0 aliphatic rings. The number of hydrogen-bond acceptors (Lipinski definition) is 5. The van der Waals surface area contributed by atoms with Gasteiger partial charge in [-0.05, 0) is 18.4 Å². The minimum absolute atomic E-state index is 0.301. The lowest BCUT2D eigenvalue weighted by Crippen LogP contribution is -2.10. The first kappa shape index (κ1) is 10.6. The monoisotopic (exact) mass is 260 g/mol. The Morgan fingerprint density at radius 1 is 1.47 bits per heavy atom. The average molecular weight is 260 g/mol. The molecule has 7 heteroatoms. The molecular weight excluding hydrogens is 252 g/mol. The number of aromatic nitrogens is 1. The third-order valence-corrected chi connectivity index (χ3v) is 5.30. The van der Waals surface area contributed by atoms with Crippen LogP contribution in [0.3, 0.4) is 0 Å². The van der Waals surface area contributed by atoms with Crippen LogP contribution in [0, 0.1) is 6.92 Å². The van der Waals surface area contributed by atoms with Crippen LogP contribution in [0.2, 0.25) is 0 Å². The second-order valence-electron chi connectivity index (χ2n) is 2.81. The molecule has 4 nitrogen and oxygen atoms in total. The second-order valence-corrected chi connectivity index (χ2v) is 6.91. The second kappa shape index (κ2) is 3.92. The Balaban J connectivity index is 2.26. The maximum atomic E-state index is 11.7. The summed E-state index contributed by atoms with van der Waals surface area (Å²) in [6, 6.07) is 3.26. The quantitative estimate of drug-likeness (QED) is 0.921. The van der Waals surface area contributed by atoms with E-state index in [0.717, 1.165) is 4.88 Å². The smallest absolute Gasteiger partial charge is 0.254 e. The molecule has 0 unspecified atom stereocenters. The van der Waals surface area contributed by atoms with E-state index >= 15 is 0 Å². The molecule has 0 aromatic carbocycles. The molecule has 80 valence electrons. The van der Waals surface area contributed by atoms with Gasteiger partial charge in [-0.1, -0.05) is 6.07 Å². The van der Waals surface area contributed by atoms with E-state index in [1.165, 1.54) is 22.7 Å². The van der Waals surface area contributed by atoms with Crippen LogP contribution < -0.4 is 4.72 Å². The van der Waals surface area contributed by atoms with Crippen molar-refractivity contribution in [1.82, 2.24) is 4.98 Å². The van der Waals surface area contributed by atoms with Crippen LogP contribution in [-0.2, 0) is 10.0 Å². The first-order valence-corrected chi connectivity index (χ1v) is 7.24. The number of nitrogens with one attached hydrogen (secondary N) is 1. The van der Waals surface area contributed by atoms with Crippen molar-refractivity contribution < 1.29 is 8.42 Å². The summed E-state index contributed by atoms with van der Waals surface area (Å²) in [6.45, 7) is 1.88. The van der Waals surface area contributed by atoms with Crippen LogP contribution in [0.1, 0.15) is 4.88 Å². The summed E-state index contributed by atoms with van der Waals surface area (Å²) in [5, 5.41) is 2.13. The molecule has 0 atom stereocenters. The minimum Gasteiger partial charge on any atom is -0.254 e. The van der Waals surface area contributed by atoms with Gasteiger partial charge in [0.2, 0.25) is 0 Å². The Hall–Kier alpha value is -0.920. The molecule has 0 spiro atoms. The highest BCUT2D eigenvalue weighted by Gasteiger charge is 2.16. The summed E-state index contributed by atoms with van der Waals surface area (Å²) < 4.78 is 26.2. The first-order valence-electron chi connectivity index (χ1n) is 4.07. The van der Waals surface area contributed by atoms with Crippen LogP contribution in [0.25, 0.3) is 0 Å². The van der Waals surface area contributed by atoms with E-state index in [2.05, 4.69) is 9.71 Å². The molecule has 2 rings (SSSR count). The molecule has 0 aliphatic carbocycles. The SMILES string of the molecule is Cc1cnc(NS(=O)(=O)c2cccs2)s1. The summed E-state index contributed by atoms with van der Waals surface area (Å²) in [5.74, 6) is 0. The third-order valence-electron chi connectivity index (χ3n) is 1.60. The van der Waals surface area contributed by atoms with E-state index in [0.29, 0.717) is 9.34 Å². The molecule has 15 heavy (non-hydrogen) atoms. The van der Waals surface area contributed by atoms with Gasteiger partial charge in [0.1, 0.15) is 4.21 Å². The lowest BCUT2D eigenvalue weighted by atomic mass is 10.7. The molecule has 2 aromatic rings. The van der Waals surface area contributed by atoms with E-state index in [1.807, 2.05) is 6.92 Å². The van der Waals surface area contributed by atoms with Crippen molar-refractivity contribution in [3.8, 4) is 0 Å². The van der Waals surface area contributed by atoms with Gasteiger partial charge in [0, 0.05) is 11.1 Å². The number of thiazole rings is 1. The zero-order chi connectivity index (χ0) is 10.9. The van der Waals surface area contributed by atoms with E-state index in [9.17, 15) is 8.42 Å². The summed E-state index contributed by atoms with van der Waals surface area (Å²) >= 11 is 2.50. The van der Waals surface area contributed by atoms with Gasteiger partial charge in [0.25, 0.3) is 10.0 Å². The van der Waals surface area contributed by atoms with Crippen molar-refractivity contribution in [2.45, 2.75) is 11.1 Å². The Kier molecular flexibility index (Phi) is 2.76. The Labute approximate surface area is 95.7 Å². The third kappa shape index (κ3) is 2.36. The molecule has 0 saturated carbocycles. The molecule has 1 N–H and O–H groups in total. The number of rotatable bonds is 3. The molecule has 0 amide bonds. The predicted molar refractivity (Wildman–Crippen MR) is 62.0 cm³/mol. The fourth-order valence-corrected chi connectivity index (χ4v) is 3.88. The molecular formula is C8H8N2O2S3. The molecule has 0 radical (unpaired) electrons. The lowest BCUT2D eigenvalue weighted by Gasteiger charge is -2.00. The van der Waals surface area contributed by atoms with E-state index < -0.39 is 10.0 Å². The topological polar surface area (TPSA) is 59.1 Å². The standard InChI is InChI=1S/C8H8N2O2S3/c1-6-5-9-8(14-6)10-15(11,12)7-3-2-4-13-7/h2-5H,1H3,(H,9,10).